The maximum Gasteiger partial charge on any atom is 0.283 e. The quantitative estimate of drug-likeness (QED) is 0.427. The molecular formula is C10H16F2NO6-. The summed E-state index contributed by atoms with van der Waals surface area (Å²) in [5.41, 5.74) is 5.36. The third-order valence-corrected chi connectivity index (χ3v) is 3.32. The molecule has 0 aliphatic carbocycles. The van der Waals surface area contributed by atoms with E-state index in [4.69, 9.17) is 10.8 Å². The van der Waals surface area contributed by atoms with Crippen molar-refractivity contribution in [2.75, 3.05) is 6.61 Å². The second-order valence-electron chi connectivity index (χ2n) is 4.59. The molecule has 0 spiro atoms. The van der Waals surface area contributed by atoms with E-state index in [9.17, 15) is 28.9 Å². The summed E-state index contributed by atoms with van der Waals surface area (Å²) in [4.78, 5) is 10.6. The van der Waals surface area contributed by atoms with Crippen molar-refractivity contribution < 1.29 is 38.7 Å². The van der Waals surface area contributed by atoms with E-state index in [1.807, 2.05) is 0 Å². The second kappa shape index (κ2) is 5.63. The normalized spacial score (nSPS) is 42.7. The largest absolute Gasteiger partial charge is 0.544 e. The highest BCUT2D eigenvalue weighted by molar-refractivity contribution is 5.74. The van der Waals surface area contributed by atoms with E-state index in [2.05, 4.69) is 4.74 Å². The second-order valence-corrected chi connectivity index (χ2v) is 4.59. The Morgan fingerprint density at radius 1 is 1.58 bits per heavy atom. The van der Waals surface area contributed by atoms with E-state index < -0.39 is 54.9 Å². The molecule has 1 fully saturated rings. The summed E-state index contributed by atoms with van der Waals surface area (Å²) in [5.74, 6) is -7.26. The number of rotatable bonds is 4. The van der Waals surface area contributed by atoms with Crippen LogP contribution in [0.1, 0.15) is 6.92 Å². The fraction of sp³-hybridized carbons (Fsp3) is 0.900. The molecule has 7 nitrogen and oxygen atoms in total. The highest BCUT2D eigenvalue weighted by atomic mass is 19.2. The zero-order valence-corrected chi connectivity index (χ0v) is 10.1. The van der Waals surface area contributed by atoms with Crippen LogP contribution in [-0.4, -0.2) is 64.3 Å². The van der Waals surface area contributed by atoms with Crippen LogP contribution in [0.2, 0.25) is 0 Å². The number of halogens is 2. The molecule has 7 atom stereocenters. The molecule has 1 aliphatic heterocycles. The van der Waals surface area contributed by atoms with Gasteiger partial charge < -0.3 is 35.7 Å². The van der Waals surface area contributed by atoms with Crippen LogP contribution in [0.3, 0.4) is 0 Å². The molecule has 0 aromatic heterocycles. The highest BCUT2D eigenvalue weighted by Crippen LogP contribution is 2.37. The van der Waals surface area contributed by atoms with Crippen LogP contribution < -0.4 is 10.8 Å². The molecule has 112 valence electrons. The lowest BCUT2D eigenvalue weighted by Gasteiger charge is -2.46. The van der Waals surface area contributed by atoms with Gasteiger partial charge in [0.1, 0.15) is 18.2 Å². The van der Waals surface area contributed by atoms with Gasteiger partial charge in [0, 0.05) is 12.0 Å². The zero-order chi connectivity index (χ0) is 15.0. The number of hydrogen-bond donors (Lipinski definition) is 4. The number of carbonyl (C=O) groups excluding carboxylic acids is 1. The minimum atomic E-state index is -3.81. The molecule has 1 heterocycles. The average Bonchev–Trinajstić information content (AvgIpc) is 2.38. The number of aliphatic hydroxyl groups is 3. The summed E-state index contributed by atoms with van der Waals surface area (Å²) in [6, 6.07) is -1.58. The number of hydrogen-bond acceptors (Lipinski definition) is 7. The first-order valence-electron chi connectivity index (χ1n) is 5.61. The molecule has 0 amide bonds. The van der Waals surface area contributed by atoms with Gasteiger partial charge in [0.2, 0.25) is 0 Å². The minimum absolute atomic E-state index is 0.868. The van der Waals surface area contributed by atoms with Gasteiger partial charge in [-0.05, 0) is 0 Å². The Balaban J connectivity index is 3.04. The summed E-state index contributed by atoms with van der Waals surface area (Å²) in [6.45, 7) is 0.427. The van der Waals surface area contributed by atoms with Crippen LogP contribution in [0.15, 0.2) is 0 Å². The van der Waals surface area contributed by atoms with Crippen molar-refractivity contribution >= 4 is 5.97 Å². The first-order chi connectivity index (χ1) is 8.66. The van der Waals surface area contributed by atoms with Gasteiger partial charge in [0.25, 0.3) is 5.85 Å². The summed E-state index contributed by atoms with van der Waals surface area (Å²) >= 11 is 0. The first kappa shape index (κ1) is 16.2. The third kappa shape index (κ3) is 2.70. The Hall–Kier alpha value is -0.870. The van der Waals surface area contributed by atoms with Crippen molar-refractivity contribution in [3.05, 3.63) is 0 Å². The summed E-state index contributed by atoms with van der Waals surface area (Å²) in [7, 11) is 0. The van der Waals surface area contributed by atoms with E-state index in [1.165, 1.54) is 6.92 Å². The lowest BCUT2D eigenvalue weighted by molar-refractivity contribution is -0.366. The number of carboxylic acid groups (broad SMARTS) is 1. The Kier molecular flexibility index (Phi) is 4.80. The van der Waals surface area contributed by atoms with Crippen molar-refractivity contribution in [1.82, 2.24) is 0 Å². The molecule has 5 unspecified atom stereocenters. The predicted octanol–water partition coefficient (Wildman–Crippen LogP) is -3.18. The number of aliphatic hydroxyl groups excluding tert-OH is 3. The zero-order valence-electron chi connectivity index (χ0n) is 10.1. The lowest BCUT2D eigenvalue weighted by atomic mass is 9.83. The van der Waals surface area contributed by atoms with Crippen molar-refractivity contribution in [3.8, 4) is 0 Å². The van der Waals surface area contributed by atoms with E-state index in [0.29, 0.717) is 0 Å². The van der Waals surface area contributed by atoms with Gasteiger partial charge >= 0.3 is 0 Å². The van der Waals surface area contributed by atoms with Gasteiger partial charge in [-0.2, -0.15) is 0 Å². The standard InChI is InChI=1S/C10H17F2NO6/c1-3-5(13)8(11)10(12,9(17)18)19-7(3)6(16)4(15)2-14/h3-8,14-16H,2,13H2,1H3,(H,17,18)/p-1/t3?,4-,5?,6-,7?,8?,10?/m1/s1. The Labute approximate surface area is 107 Å². The number of ether oxygens (including phenoxy) is 1. The maximum absolute atomic E-state index is 13.9. The Morgan fingerprint density at radius 3 is 2.53 bits per heavy atom. The van der Waals surface area contributed by atoms with E-state index >= 15 is 0 Å². The van der Waals surface area contributed by atoms with Crippen molar-refractivity contribution in [2.45, 2.75) is 43.3 Å². The molecule has 0 bridgehead atoms. The van der Waals surface area contributed by atoms with Crippen LogP contribution in [-0.2, 0) is 9.53 Å². The summed E-state index contributed by atoms with van der Waals surface area (Å²) < 4.78 is 31.9. The van der Waals surface area contributed by atoms with Crippen LogP contribution >= 0.6 is 0 Å². The summed E-state index contributed by atoms with van der Waals surface area (Å²) in [6.07, 6.45) is -7.82. The number of aliphatic carboxylic acids is 1. The highest BCUT2D eigenvalue weighted by Gasteiger charge is 2.56. The van der Waals surface area contributed by atoms with Crippen LogP contribution in [0.5, 0.6) is 0 Å². The molecule has 5 N–H and O–H groups in total. The fourth-order valence-electron chi connectivity index (χ4n) is 1.97. The monoisotopic (exact) mass is 284 g/mol. The van der Waals surface area contributed by atoms with Crippen molar-refractivity contribution in [2.24, 2.45) is 11.7 Å². The molecular weight excluding hydrogens is 268 g/mol. The van der Waals surface area contributed by atoms with E-state index in [-0.39, 0.29) is 0 Å². The van der Waals surface area contributed by atoms with Crippen LogP contribution in [0, 0.1) is 5.92 Å². The smallest absolute Gasteiger partial charge is 0.283 e. The Morgan fingerprint density at radius 2 is 2.11 bits per heavy atom. The molecule has 1 aliphatic rings. The molecule has 0 aromatic rings. The topological polar surface area (TPSA) is 136 Å². The number of nitrogens with two attached hydrogens (primary N) is 1. The van der Waals surface area contributed by atoms with Gasteiger partial charge in [-0.3, -0.25) is 0 Å². The van der Waals surface area contributed by atoms with E-state index in [1.54, 1.807) is 0 Å². The van der Waals surface area contributed by atoms with Gasteiger partial charge in [0.15, 0.2) is 6.17 Å². The third-order valence-electron chi connectivity index (χ3n) is 3.32. The number of alkyl halides is 2. The predicted molar refractivity (Wildman–Crippen MR) is 54.9 cm³/mol. The molecule has 1 saturated heterocycles. The number of carboxylic acids is 1. The number of carbonyl (C=O) groups is 1. The minimum Gasteiger partial charge on any atom is -0.544 e. The molecule has 0 aromatic carbocycles. The molecule has 1 rings (SSSR count). The molecule has 9 heteroatoms. The first-order valence-corrected chi connectivity index (χ1v) is 5.61. The van der Waals surface area contributed by atoms with Crippen molar-refractivity contribution in [3.63, 3.8) is 0 Å². The van der Waals surface area contributed by atoms with Gasteiger partial charge in [0.05, 0.1) is 12.7 Å². The Bertz CT molecular complexity index is 342. The fourth-order valence-corrected chi connectivity index (χ4v) is 1.97. The molecule has 19 heavy (non-hydrogen) atoms. The molecule has 0 saturated carbocycles. The average molecular weight is 284 g/mol. The van der Waals surface area contributed by atoms with E-state index in [0.717, 1.165) is 0 Å². The summed E-state index contributed by atoms with van der Waals surface area (Å²) in [5, 5.41) is 38.2. The van der Waals surface area contributed by atoms with Crippen molar-refractivity contribution in [1.29, 1.82) is 0 Å². The van der Waals surface area contributed by atoms with Gasteiger partial charge in [-0.25, -0.2) is 8.78 Å². The van der Waals surface area contributed by atoms with Gasteiger partial charge in [-0.1, -0.05) is 6.92 Å². The molecule has 0 radical (unpaired) electrons. The van der Waals surface area contributed by atoms with Gasteiger partial charge in [-0.15, -0.1) is 0 Å². The SMILES string of the molecule is CC1C(N)C(F)C(F)(C(=O)[O-])OC1[C@H](O)[C@H](O)CO. The van der Waals surface area contributed by atoms with Crippen LogP contribution in [0.25, 0.3) is 0 Å². The lowest BCUT2D eigenvalue weighted by Crippen LogP contribution is -2.69. The van der Waals surface area contributed by atoms with Crippen LogP contribution in [0.4, 0.5) is 8.78 Å². The maximum atomic E-state index is 13.9.